The van der Waals surface area contributed by atoms with Crippen LogP contribution in [0, 0.1) is 10.1 Å². The van der Waals surface area contributed by atoms with Crippen molar-refractivity contribution in [2.45, 2.75) is 25.8 Å². The molecule has 0 amide bonds. The molecule has 9 nitrogen and oxygen atoms in total. The van der Waals surface area contributed by atoms with Crippen LogP contribution in [0.25, 0.3) is 11.8 Å². The zero-order chi connectivity index (χ0) is 28.0. The van der Waals surface area contributed by atoms with Crippen LogP contribution in [0.1, 0.15) is 41.6 Å². The van der Waals surface area contributed by atoms with Gasteiger partial charge in [-0.25, -0.2) is 4.99 Å². The lowest BCUT2D eigenvalue weighted by Crippen LogP contribution is -2.38. The largest absolute Gasteiger partial charge is 0.493 e. The van der Waals surface area contributed by atoms with Crippen LogP contribution in [-0.2, 0) is 11.2 Å². The average molecular weight is 554 g/mol. The zero-order valence-electron chi connectivity index (χ0n) is 21.6. The highest BCUT2D eigenvalue weighted by molar-refractivity contribution is 7.07. The first-order valence-electron chi connectivity index (χ1n) is 12.6. The third-order valence-electron chi connectivity index (χ3n) is 7.01. The smallest absolute Gasteiger partial charge is 0.308 e. The Bertz CT molecular complexity index is 1920. The first-order chi connectivity index (χ1) is 19.3. The Balaban J connectivity index is 1.56. The van der Waals surface area contributed by atoms with Gasteiger partial charge in [-0.05, 0) is 53.3 Å². The number of fused-ring (bicyclic) bond motifs is 3. The van der Waals surface area contributed by atoms with Crippen molar-refractivity contribution >= 4 is 34.8 Å². The fourth-order valence-electron chi connectivity index (χ4n) is 5.30. The number of carbonyl (C=O) groups is 1. The number of thiazole rings is 1. The van der Waals surface area contributed by atoms with E-state index in [0.29, 0.717) is 32.6 Å². The van der Waals surface area contributed by atoms with Gasteiger partial charge in [0.15, 0.2) is 16.3 Å². The molecule has 0 saturated carbocycles. The highest BCUT2D eigenvalue weighted by atomic mass is 32.1. The second-order valence-electron chi connectivity index (χ2n) is 9.47. The van der Waals surface area contributed by atoms with E-state index in [4.69, 9.17) is 14.5 Å². The number of aromatic nitrogens is 1. The molecule has 0 unspecified atom stereocenters. The van der Waals surface area contributed by atoms with E-state index >= 15 is 0 Å². The van der Waals surface area contributed by atoms with Crippen molar-refractivity contribution in [3.63, 3.8) is 0 Å². The molecule has 1 atom stereocenters. The number of nitrogens with zero attached hydrogens (tertiary/aromatic N) is 3. The number of esters is 1. The van der Waals surface area contributed by atoms with E-state index in [-0.39, 0.29) is 17.0 Å². The van der Waals surface area contributed by atoms with Gasteiger partial charge >= 0.3 is 5.97 Å². The molecular weight excluding hydrogens is 530 g/mol. The van der Waals surface area contributed by atoms with E-state index in [9.17, 15) is 19.7 Å². The molecule has 2 aliphatic rings. The third-order valence-corrected chi connectivity index (χ3v) is 7.99. The van der Waals surface area contributed by atoms with E-state index < -0.39 is 16.9 Å². The molecule has 0 fully saturated rings. The van der Waals surface area contributed by atoms with Gasteiger partial charge in [-0.15, -0.1) is 0 Å². The maximum Gasteiger partial charge on any atom is 0.308 e. The topological polar surface area (TPSA) is 113 Å². The summed E-state index contributed by atoms with van der Waals surface area (Å²) in [6.07, 6.45) is 3.21. The van der Waals surface area contributed by atoms with Crippen molar-refractivity contribution in [2.24, 2.45) is 4.99 Å². The molecule has 4 aromatic rings. The van der Waals surface area contributed by atoms with Crippen LogP contribution < -0.4 is 24.4 Å². The Labute approximate surface area is 232 Å². The maximum atomic E-state index is 13.9. The summed E-state index contributed by atoms with van der Waals surface area (Å²) in [6.45, 7) is 1.31. The zero-order valence-corrected chi connectivity index (χ0v) is 22.4. The highest BCUT2D eigenvalue weighted by Gasteiger charge is 2.33. The van der Waals surface area contributed by atoms with Crippen molar-refractivity contribution in [1.82, 2.24) is 4.57 Å². The molecule has 1 aromatic heterocycles. The number of nitro groups is 1. The molecule has 10 heteroatoms. The summed E-state index contributed by atoms with van der Waals surface area (Å²) in [5.41, 5.74) is 5.05. The fraction of sp³-hybridized carbons (Fsp3) is 0.167. The van der Waals surface area contributed by atoms with Gasteiger partial charge in [0.1, 0.15) is 0 Å². The number of non-ortho nitro benzene ring substituents is 1. The minimum absolute atomic E-state index is 0.0325. The lowest BCUT2D eigenvalue weighted by molar-refractivity contribution is -0.384. The summed E-state index contributed by atoms with van der Waals surface area (Å²) >= 11 is 1.26. The van der Waals surface area contributed by atoms with Crippen LogP contribution in [0.3, 0.4) is 0 Å². The number of methoxy groups -OCH3 is 1. The molecule has 1 aliphatic heterocycles. The number of nitro benzene ring substituents is 1. The van der Waals surface area contributed by atoms with Gasteiger partial charge in [0.25, 0.3) is 11.2 Å². The summed E-state index contributed by atoms with van der Waals surface area (Å²) < 4.78 is 12.7. The molecule has 200 valence electrons. The lowest BCUT2D eigenvalue weighted by atomic mass is 9.83. The maximum absolute atomic E-state index is 13.9. The standard InChI is InChI=1S/C30H23N3O6S/c1-17(34)39-24-13-10-18(14-25(24)38-2)15-26-29(35)32-28(20-7-5-8-21(16-20)33(36)37)23-12-11-19-6-3-4-9-22(19)27(23)31-30(32)40-26/h3-10,13-16,28H,11-12H2,1-2H3/b26-15+/t28-/m0/s1. The minimum Gasteiger partial charge on any atom is -0.493 e. The van der Waals surface area contributed by atoms with Crippen molar-refractivity contribution < 1.29 is 19.2 Å². The van der Waals surface area contributed by atoms with Gasteiger partial charge < -0.3 is 9.47 Å². The summed E-state index contributed by atoms with van der Waals surface area (Å²) in [6, 6.07) is 19.1. The average Bonchev–Trinajstić information content (AvgIpc) is 3.26. The van der Waals surface area contributed by atoms with Crippen molar-refractivity contribution in [2.75, 3.05) is 7.11 Å². The van der Waals surface area contributed by atoms with Crippen LogP contribution in [-0.4, -0.2) is 22.6 Å². The van der Waals surface area contributed by atoms with E-state index in [0.717, 1.165) is 23.3 Å². The number of carbonyl (C=O) groups excluding carboxylic acids is 1. The molecule has 3 aromatic carbocycles. The van der Waals surface area contributed by atoms with Gasteiger partial charge in [-0.3, -0.25) is 24.3 Å². The van der Waals surface area contributed by atoms with Gasteiger partial charge in [0, 0.05) is 24.6 Å². The van der Waals surface area contributed by atoms with Gasteiger partial charge in [0.2, 0.25) is 0 Å². The van der Waals surface area contributed by atoms with Crippen LogP contribution >= 0.6 is 11.3 Å². The Hall–Kier alpha value is -4.83. The highest BCUT2D eigenvalue weighted by Crippen LogP contribution is 2.41. The van der Waals surface area contributed by atoms with E-state index in [1.54, 1.807) is 34.9 Å². The fourth-order valence-corrected chi connectivity index (χ4v) is 6.30. The monoisotopic (exact) mass is 553 g/mol. The summed E-state index contributed by atoms with van der Waals surface area (Å²) in [4.78, 5) is 42.0. The molecule has 0 bridgehead atoms. The number of benzene rings is 3. The molecule has 40 heavy (non-hydrogen) atoms. The molecule has 0 radical (unpaired) electrons. The molecule has 2 heterocycles. The Kier molecular flexibility index (Phi) is 6.39. The van der Waals surface area contributed by atoms with Crippen LogP contribution in [0.2, 0.25) is 0 Å². The van der Waals surface area contributed by atoms with Crippen LogP contribution in [0.5, 0.6) is 11.5 Å². The predicted octanol–water partition coefficient (Wildman–Crippen LogP) is 4.16. The number of ether oxygens (including phenoxy) is 2. The number of hydrogen-bond donors (Lipinski definition) is 0. The normalized spacial score (nSPS) is 15.9. The van der Waals surface area contributed by atoms with Crippen molar-refractivity contribution in [3.05, 3.63) is 124 Å². The molecular formula is C30H23N3O6S. The Morgan fingerprint density at radius 2 is 1.93 bits per heavy atom. The van der Waals surface area contributed by atoms with Crippen molar-refractivity contribution in [1.29, 1.82) is 0 Å². The summed E-state index contributed by atoms with van der Waals surface area (Å²) in [5, 5.41) is 11.6. The molecule has 1 aliphatic carbocycles. The second kappa shape index (κ2) is 10.0. The van der Waals surface area contributed by atoms with Crippen molar-refractivity contribution in [3.8, 4) is 11.5 Å². The minimum atomic E-state index is -0.525. The molecule has 0 spiro atoms. The molecule has 0 N–H and O–H groups in total. The molecule has 0 saturated heterocycles. The lowest BCUT2D eigenvalue weighted by Gasteiger charge is -2.30. The van der Waals surface area contributed by atoms with E-state index in [1.165, 1.54) is 43.1 Å². The Morgan fingerprint density at radius 1 is 1.10 bits per heavy atom. The SMILES string of the molecule is COc1cc(/C=c2/sc3n(c2=O)[C@@H](c2cccc([N+](=O)[O-])c2)C2=C(N=3)c3ccccc3CC2)ccc1OC(C)=O. The number of aryl methyl sites for hydroxylation is 1. The number of allylic oxidation sites excluding steroid dienone is 1. The van der Waals surface area contributed by atoms with Crippen LogP contribution in [0.15, 0.2) is 82.1 Å². The summed E-state index contributed by atoms with van der Waals surface area (Å²) in [5.74, 6) is 0.176. The molecule has 6 rings (SSSR count). The number of hydrogen-bond acceptors (Lipinski definition) is 8. The van der Waals surface area contributed by atoms with E-state index in [2.05, 4.69) is 6.07 Å². The quantitative estimate of drug-likeness (QED) is 0.159. The van der Waals surface area contributed by atoms with Gasteiger partial charge in [-0.1, -0.05) is 53.8 Å². The first-order valence-corrected chi connectivity index (χ1v) is 13.4. The first kappa shape index (κ1) is 25.4. The Morgan fingerprint density at radius 3 is 2.70 bits per heavy atom. The summed E-state index contributed by atoms with van der Waals surface area (Å²) in [7, 11) is 1.47. The predicted molar refractivity (Wildman–Crippen MR) is 150 cm³/mol. The van der Waals surface area contributed by atoms with E-state index in [1.807, 2.05) is 24.3 Å². The van der Waals surface area contributed by atoms with Crippen LogP contribution in [0.4, 0.5) is 5.69 Å². The van der Waals surface area contributed by atoms with Gasteiger partial charge in [0.05, 0.1) is 28.3 Å². The third kappa shape index (κ3) is 4.42. The second-order valence-corrected chi connectivity index (χ2v) is 10.5. The number of rotatable bonds is 5. The van der Waals surface area contributed by atoms with Gasteiger partial charge in [-0.2, -0.15) is 0 Å².